The predicted octanol–water partition coefficient (Wildman–Crippen LogP) is 3.10. The van der Waals surface area contributed by atoms with Crippen molar-refractivity contribution in [1.82, 2.24) is 5.32 Å². The van der Waals surface area contributed by atoms with Crippen molar-refractivity contribution in [2.75, 3.05) is 13.2 Å². The van der Waals surface area contributed by atoms with Crippen LogP contribution >= 0.6 is 0 Å². The van der Waals surface area contributed by atoms with Crippen LogP contribution in [-0.2, 0) is 6.54 Å². The van der Waals surface area contributed by atoms with E-state index in [1.165, 1.54) is 17.5 Å². The third kappa shape index (κ3) is 2.74. The van der Waals surface area contributed by atoms with Gasteiger partial charge in [0.15, 0.2) is 11.5 Å². The van der Waals surface area contributed by atoms with Gasteiger partial charge in [0.1, 0.15) is 13.2 Å². The molecule has 0 saturated heterocycles. The molecular weight excluding hydrogens is 262 g/mol. The molecule has 0 aromatic heterocycles. The molecule has 2 unspecified atom stereocenters. The van der Waals surface area contributed by atoms with Gasteiger partial charge in [-0.25, -0.2) is 0 Å². The number of nitrogens with one attached hydrogen (secondary N) is 1. The summed E-state index contributed by atoms with van der Waals surface area (Å²) in [5, 5.41) is 3.63. The smallest absolute Gasteiger partial charge is 0.161 e. The summed E-state index contributed by atoms with van der Waals surface area (Å²) in [4.78, 5) is 0. The van der Waals surface area contributed by atoms with Crippen molar-refractivity contribution >= 4 is 0 Å². The first kappa shape index (κ1) is 12.7. The molecule has 4 rings (SSSR count). The summed E-state index contributed by atoms with van der Waals surface area (Å²) >= 11 is 0. The molecule has 2 atom stereocenters. The molecule has 21 heavy (non-hydrogen) atoms. The molecule has 1 aliphatic heterocycles. The van der Waals surface area contributed by atoms with E-state index in [4.69, 9.17) is 9.47 Å². The summed E-state index contributed by atoms with van der Waals surface area (Å²) in [5.41, 5.74) is 2.69. The summed E-state index contributed by atoms with van der Waals surface area (Å²) < 4.78 is 11.2. The third-order valence-corrected chi connectivity index (χ3v) is 4.19. The number of hydrogen-bond acceptors (Lipinski definition) is 3. The lowest BCUT2D eigenvalue weighted by Gasteiger charge is -2.19. The molecule has 1 aliphatic carbocycles. The minimum atomic E-state index is 0.598. The van der Waals surface area contributed by atoms with E-state index in [2.05, 4.69) is 47.8 Å². The second-order valence-electron chi connectivity index (χ2n) is 5.72. The van der Waals surface area contributed by atoms with E-state index in [0.29, 0.717) is 25.2 Å². The Morgan fingerprint density at radius 3 is 2.62 bits per heavy atom. The van der Waals surface area contributed by atoms with E-state index in [1.54, 1.807) is 0 Å². The predicted molar refractivity (Wildman–Crippen MR) is 81.9 cm³/mol. The van der Waals surface area contributed by atoms with E-state index >= 15 is 0 Å². The Morgan fingerprint density at radius 1 is 0.952 bits per heavy atom. The summed E-state index contributed by atoms with van der Waals surface area (Å²) in [6, 6.07) is 17.5. The molecular formula is C18H19NO2. The van der Waals surface area contributed by atoms with Crippen LogP contribution in [0.4, 0.5) is 0 Å². The Labute approximate surface area is 124 Å². The van der Waals surface area contributed by atoms with Crippen molar-refractivity contribution in [3.8, 4) is 11.5 Å². The number of hydrogen-bond donors (Lipinski definition) is 1. The van der Waals surface area contributed by atoms with Gasteiger partial charge in [0.05, 0.1) is 0 Å². The van der Waals surface area contributed by atoms with Gasteiger partial charge < -0.3 is 14.8 Å². The minimum absolute atomic E-state index is 0.598. The van der Waals surface area contributed by atoms with Gasteiger partial charge >= 0.3 is 0 Å². The molecule has 0 radical (unpaired) electrons. The zero-order chi connectivity index (χ0) is 14.1. The molecule has 1 heterocycles. The Kier molecular flexibility index (Phi) is 3.28. The summed E-state index contributed by atoms with van der Waals surface area (Å²) in [6.07, 6.45) is 1.23. The van der Waals surface area contributed by atoms with Crippen molar-refractivity contribution < 1.29 is 9.47 Å². The van der Waals surface area contributed by atoms with Gasteiger partial charge in [-0.2, -0.15) is 0 Å². The Hall–Kier alpha value is -2.00. The Balaban J connectivity index is 1.36. The fourth-order valence-electron chi connectivity index (χ4n) is 2.94. The molecule has 1 fully saturated rings. The van der Waals surface area contributed by atoms with Crippen molar-refractivity contribution in [3.05, 3.63) is 59.7 Å². The quantitative estimate of drug-likeness (QED) is 0.934. The average Bonchev–Trinajstić information content (AvgIpc) is 3.33. The van der Waals surface area contributed by atoms with Crippen molar-refractivity contribution in [1.29, 1.82) is 0 Å². The van der Waals surface area contributed by atoms with Gasteiger partial charge in [-0.15, -0.1) is 0 Å². The van der Waals surface area contributed by atoms with Crippen molar-refractivity contribution in [2.24, 2.45) is 0 Å². The SMILES string of the molecule is c1ccc(C2CC2NCc2ccc3c(c2)OCCO3)cc1. The van der Waals surface area contributed by atoms with Crippen LogP contribution in [-0.4, -0.2) is 19.3 Å². The fourth-order valence-corrected chi connectivity index (χ4v) is 2.94. The number of fused-ring (bicyclic) bond motifs is 1. The first-order valence-corrected chi connectivity index (χ1v) is 7.57. The summed E-state index contributed by atoms with van der Waals surface area (Å²) in [7, 11) is 0. The maximum atomic E-state index is 5.62. The molecule has 108 valence electrons. The van der Waals surface area contributed by atoms with Crippen molar-refractivity contribution in [3.63, 3.8) is 0 Å². The first-order valence-electron chi connectivity index (χ1n) is 7.57. The lowest BCUT2D eigenvalue weighted by molar-refractivity contribution is 0.171. The molecule has 0 spiro atoms. The zero-order valence-electron chi connectivity index (χ0n) is 11.9. The van der Waals surface area contributed by atoms with Gasteiger partial charge in [-0.05, 0) is 29.7 Å². The van der Waals surface area contributed by atoms with Crippen LogP contribution in [0.3, 0.4) is 0 Å². The molecule has 1 N–H and O–H groups in total. The monoisotopic (exact) mass is 281 g/mol. The molecule has 2 aromatic carbocycles. The fraction of sp³-hybridized carbons (Fsp3) is 0.333. The van der Waals surface area contributed by atoms with Crippen LogP contribution in [0.1, 0.15) is 23.5 Å². The molecule has 1 saturated carbocycles. The highest BCUT2D eigenvalue weighted by Crippen LogP contribution is 2.41. The normalized spacial score (nSPS) is 22.9. The van der Waals surface area contributed by atoms with Gasteiger partial charge in [-0.3, -0.25) is 0 Å². The van der Waals surface area contributed by atoms with E-state index in [1.807, 2.05) is 6.07 Å². The molecule has 3 nitrogen and oxygen atoms in total. The van der Waals surface area contributed by atoms with Crippen LogP contribution in [0.2, 0.25) is 0 Å². The van der Waals surface area contributed by atoms with Crippen LogP contribution in [0.25, 0.3) is 0 Å². The minimum Gasteiger partial charge on any atom is -0.486 e. The molecule has 2 aromatic rings. The van der Waals surface area contributed by atoms with Crippen LogP contribution < -0.4 is 14.8 Å². The van der Waals surface area contributed by atoms with E-state index in [0.717, 1.165) is 18.0 Å². The summed E-state index contributed by atoms with van der Waals surface area (Å²) in [5.74, 6) is 2.40. The molecule has 0 amide bonds. The standard InChI is InChI=1S/C18H19NO2/c1-2-4-14(5-3-1)15-11-16(15)19-12-13-6-7-17-18(10-13)21-9-8-20-17/h1-7,10,15-16,19H,8-9,11-12H2. The molecule has 3 heteroatoms. The highest BCUT2D eigenvalue weighted by molar-refractivity contribution is 5.43. The van der Waals surface area contributed by atoms with E-state index in [-0.39, 0.29) is 0 Å². The Morgan fingerprint density at radius 2 is 1.76 bits per heavy atom. The number of ether oxygens (including phenoxy) is 2. The van der Waals surface area contributed by atoms with Crippen LogP contribution in [0.15, 0.2) is 48.5 Å². The largest absolute Gasteiger partial charge is 0.486 e. The Bertz CT molecular complexity index is 626. The van der Waals surface area contributed by atoms with Gasteiger partial charge in [-0.1, -0.05) is 36.4 Å². The highest BCUT2D eigenvalue weighted by Gasteiger charge is 2.37. The first-order chi connectivity index (χ1) is 10.4. The highest BCUT2D eigenvalue weighted by atomic mass is 16.6. The summed E-state index contributed by atoms with van der Waals surface area (Å²) in [6.45, 7) is 2.17. The topological polar surface area (TPSA) is 30.5 Å². The van der Waals surface area contributed by atoms with Gasteiger partial charge in [0.25, 0.3) is 0 Å². The lowest BCUT2D eigenvalue weighted by Crippen LogP contribution is -2.18. The third-order valence-electron chi connectivity index (χ3n) is 4.19. The number of benzene rings is 2. The number of rotatable bonds is 4. The van der Waals surface area contributed by atoms with E-state index in [9.17, 15) is 0 Å². The van der Waals surface area contributed by atoms with Crippen molar-refractivity contribution in [2.45, 2.75) is 24.9 Å². The van der Waals surface area contributed by atoms with E-state index < -0.39 is 0 Å². The molecule has 0 bridgehead atoms. The second kappa shape index (κ2) is 5.41. The zero-order valence-corrected chi connectivity index (χ0v) is 11.9. The average molecular weight is 281 g/mol. The van der Waals surface area contributed by atoms with Crippen LogP contribution in [0, 0.1) is 0 Å². The second-order valence-corrected chi connectivity index (χ2v) is 5.72. The molecule has 2 aliphatic rings. The van der Waals surface area contributed by atoms with Gasteiger partial charge in [0, 0.05) is 18.5 Å². The van der Waals surface area contributed by atoms with Gasteiger partial charge in [0.2, 0.25) is 0 Å². The lowest BCUT2D eigenvalue weighted by atomic mass is 10.1. The maximum Gasteiger partial charge on any atom is 0.161 e. The maximum absolute atomic E-state index is 5.62. The van der Waals surface area contributed by atoms with Crippen LogP contribution in [0.5, 0.6) is 11.5 Å².